The number of para-hydroxylation sites is 1. The molecule has 5 nitrogen and oxygen atoms in total. The maximum atomic E-state index is 13.4. The van der Waals surface area contributed by atoms with Gasteiger partial charge in [-0.3, -0.25) is 9.69 Å². The molecule has 2 rings (SSSR count). The van der Waals surface area contributed by atoms with Crippen molar-refractivity contribution in [3.05, 3.63) is 30.1 Å². The summed E-state index contributed by atoms with van der Waals surface area (Å²) in [7, 11) is 1.85. The van der Waals surface area contributed by atoms with E-state index in [2.05, 4.69) is 10.6 Å². The second-order valence-corrected chi connectivity index (χ2v) is 4.92. The van der Waals surface area contributed by atoms with Gasteiger partial charge in [-0.1, -0.05) is 12.1 Å². The number of nitrogens with zero attached hydrogens (tertiary/aromatic N) is 1. The van der Waals surface area contributed by atoms with Crippen LogP contribution >= 0.6 is 0 Å². The summed E-state index contributed by atoms with van der Waals surface area (Å²) in [5, 5.41) is 5.81. The molecule has 1 heterocycles. The van der Waals surface area contributed by atoms with Crippen LogP contribution in [0, 0.1) is 5.82 Å². The third kappa shape index (κ3) is 4.56. The van der Waals surface area contributed by atoms with Crippen LogP contribution in [-0.4, -0.2) is 56.7 Å². The van der Waals surface area contributed by atoms with Crippen LogP contribution < -0.4 is 10.6 Å². The van der Waals surface area contributed by atoms with Gasteiger partial charge in [0.1, 0.15) is 5.82 Å². The summed E-state index contributed by atoms with van der Waals surface area (Å²) in [6, 6.07) is 6.14. The average molecular weight is 281 g/mol. The number of ether oxygens (including phenoxy) is 1. The number of halogens is 1. The molecule has 1 fully saturated rings. The highest BCUT2D eigenvalue weighted by Gasteiger charge is 2.17. The van der Waals surface area contributed by atoms with E-state index in [4.69, 9.17) is 4.74 Å². The van der Waals surface area contributed by atoms with E-state index in [1.54, 1.807) is 18.2 Å². The topological polar surface area (TPSA) is 53.6 Å². The molecule has 2 N–H and O–H groups in total. The second kappa shape index (κ2) is 7.33. The molecule has 0 radical (unpaired) electrons. The molecule has 0 bridgehead atoms. The molecule has 1 saturated heterocycles. The molecule has 0 aliphatic carbocycles. The van der Waals surface area contributed by atoms with Crippen LogP contribution in [-0.2, 0) is 9.53 Å². The maximum Gasteiger partial charge on any atom is 0.238 e. The molecule has 1 atom stereocenters. The summed E-state index contributed by atoms with van der Waals surface area (Å²) in [4.78, 5) is 13.7. The van der Waals surface area contributed by atoms with Crippen molar-refractivity contribution in [1.82, 2.24) is 10.2 Å². The van der Waals surface area contributed by atoms with Gasteiger partial charge in [-0.15, -0.1) is 0 Å². The number of anilines is 1. The van der Waals surface area contributed by atoms with Crippen LogP contribution in [0.1, 0.15) is 0 Å². The Labute approximate surface area is 118 Å². The highest BCUT2D eigenvalue weighted by molar-refractivity contribution is 5.92. The Morgan fingerprint density at radius 3 is 3.05 bits per heavy atom. The largest absolute Gasteiger partial charge is 0.374 e. The molecule has 1 unspecified atom stereocenters. The predicted molar refractivity (Wildman–Crippen MR) is 75.1 cm³/mol. The Morgan fingerprint density at radius 2 is 2.35 bits per heavy atom. The third-order valence-electron chi connectivity index (χ3n) is 3.08. The zero-order chi connectivity index (χ0) is 14.4. The zero-order valence-electron chi connectivity index (χ0n) is 11.6. The van der Waals surface area contributed by atoms with E-state index in [1.165, 1.54) is 6.07 Å². The molecule has 0 aromatic heterocycles. The molecular formula is C14H20FN3O2. The highest BCUT2D eigenvalue weighted by atomic mass is 19.1. The van der Waals surface area contributed by atoms with Crippen molar-refractivity contribution in [2.75, 3.05) is 45.2 Å². The summed E-state index contributed by atoms with van der Waals surface area (Å²) in [5.41, 5.74) is 0.210. The van der Waals surface area contributed by atoms with Crippen molar-refractivity contribution >= 4 is 11.6 Å². The third-order valence-corrected chi connectivity index (χ3v) is 3.08. The van der Waals surface area contributed by atoms with Crippen molar-refractivity contribution in [2.24, 2.45) is 0 Å². The van der Waals surface area contributed by atoms with Crippen LogP contribution in [0.3, 0.4) is 0 Å². The van der Waals surface area contributed by atoms with Gasteiger partial charge in [-0.25, -0.2) is 4.39 Å². The minimum absolute atomic E-state index is 0.0926. The van der Waals surface area contributed by atoms with E-state index < -0.39 is 5.82 Å². The fourth-order valence-corrected chi connectivity index (χ4v) is 2.15. The van der Waals surface area contributed by atoms with Gasteiger partial charge in [0.2, 0.25) is 5.91 Å². The predicted octanol–water partition coefficient (Wildman–Crippen LogP) is 0.684. The number of rotatable bonds is 5. The number of benzene rings is 1. The summed E-state index contributed by atoms with van der Waals surface area (Å²) in [6.45, 7) is 3.22. The first kappa shape index (κ1) is 14.9. The van der Waals surface area contributed by atoms with E-state index in [1.807, 2.05) is 11.9 Å². The Bertz CT molecular complexity index is 450. The van der Waals surface area contributed by atoms with Crippen LogP contribution in [0.15, 0.2) is 24.3 Å². The lowest BCUT2D eigenvalue weighted by Gasteiger charge is -2.27. The van der Waals surface area contributed by atoms with Gasteiger partial charge >= 0.3 is 0 Å². The van der Waals surface area contributed by atoms with E-state index in [9.17, 15) is 9.18 Å². The molecule has 1 amide bonds. The van der Waals surface area contributed by atoms with E-state index in [-0.39, 0.29) is 24.2 Å². The van der Waals surface area contributed by atoms with Gasteiger partial charge < -0.3 is 15.4 Å². The Hall–Kier alpha value is -1.50. The Morgan fingerprint density at radius 1 is 1.55 bits per heavy atom. The van der Waals surface area contributed by atoms with Gasteiger partial charge in [-0.05, 0) is 19.2 Å². The molecule has 1 aliphatic heterocycles. The maximum absolute atomic E-state index is 13.4. The van der Waals surface area contributed by atoms with Gasteiger partial charge in [0, 0.05) is 19.6 Å². The normalized spacial score (nSPS) is 19.1. The van der Waals surface area contributed by atoms with Crippen LogP contribution in [0.5, 0.6) is 0 Å². The average Bonchev–Trinajstić information content (AvgIpc) is 2.42. The quantitative estimate of drug-likeness (QED) is 0.833. The highest BCUT2D eigenvalue weighted by Crippen LogP contribution is 2.12. The van der Waals surface area contributed by atoms with Crippen molar-refractivity contribution < 1.29 is 13.9 Å². The molecule has 0 spiro atoms. The van der Waals surface area contributed by atoms with Crippen molar-refractivity contribution in [2.45, 2.75) is 6.10 Å². The van der Waals surface area contributed by atoms with E-state index in [0.717, 1.165) is 13.1 Å². The fourth-order valence-electron chi connectivity index (χ4n) is 2.15. The monoisotopic (exact) mass is 281 g/mol. The zero-order valence-corrected chi connectivity index (χ0v) is 11.6. The summed E-state index contributed by atoms with van der Waals surface area (Å²) < 4.78 is 19.0. The van der Waals surface area contributed by atoms with Crippen molar-refractivity contribution in [3.63, 3.8) is 0 Å². The lowest BCUT2D eigenvalue weighted by molar-refractivity contribution is -0.117. The van der Waals surface area contributed by atoms with E-state index >= 15 is 0 Å². The van der Waals surface area contributed by atoms with Crippen molar-refractivity contribution in [3.8, 4) is 0 Å². The Balaban J connectivity index is 1.77. The number of amides is 1. The molecule has 6 heteroatoms. The Kier molecular flexibility index (Phi) is 5.46. The number of carbonyl (C=O) groups excluding carboxylic acids is 1. The smallest absolute Gasteiger partial charge is 0.238 e. The molecule has 1 aromatic carbocycles. The number of morpholine rings is 1. The molecule has 1 aliphatic rings. The summed E-state index contributed by atoms with van der Waals surface area (Å²) >= 11 is 0. The first-order valence-electron chi connectivity index (χ1n) is 6.70. The van der Waals surface area contributed by atoms with Crippen LogP contribution in [0.25, 0.3) is 0 Å². The number of nitrogens with one attached hydrogen (secondary N) is 2. The lowest BCUT2D eigenvalue weighted by Crippen LogP contribution is -2.45. The minimum atomic E-state index is -0.427. The lowest BCUT2D eigenvalue weighted by atomic mass is 10.3. The minimum Gasteiger partial charge on any atom is -0.374 e. The van der Waals surface area contributed by atoms with E-state index in [0.29, 0.717) is 13.2 Å². The molecule has 0 saturated carbocycles. The standard InChI is InChI=1S/C14H20FN3O2/c1-18(9-11-8-16-6-7-20-11)10-14(19)17-13-5-3-2-4-12(13)15/h2-5,11,16H,6-10H2,1H3,(H,17,19). The van der Waals surface area contributed by atoms with Crippen molar-refractivity contribution in [1.29, 1.82) is 0 Å². The number of likely N-dealkylation sites (N-methyl/N-ethyl adjacent to an activating group) is 1. The number of hydrogen-bond donors (Lipinski definition) is 2. The van der Waals surface area contributed by atoms with Gasteiger partial charge in [-0.2, -0.15) is 0 Å². The van der Waals surface area contributed by atoms with Gasteiger partial charge in [0.25, 0.3) is 0 Å². The fraction of sp³-hybridized carbons (Fsp3) is 0.500. The summed E-state index contributed by atoms with van der Waals surface area (Å²) in [5.74, 6) is -0.662. The van der Waals surface area contributed by atoms with Gasteiger partial charge in [0.05, 0.1) is 24.9 Å². The SMILES string of the molecule is CN(CC(=O)Nc1ccccc1F)CC1CNCCO1. The summed E-state index contributed by atoms with van der Waals surface area (Å²) in [6.07, 6.45) is 0.0926. The van der Waals surface area contributed by atoms with Crippen LogP contribution in [0.2, 0.25) is 0 Å². The molecular weight excluding hydrogens is 261 g/mol. The number of carbonyl (C=O) groups is 1. The molecule has 20 heavy (non-hydrogen) atoms. The molecule has 110 valence electrons. The second-order valence-electron chi connectivity index (χ2n) is 4.92. The molecule has 1 aromatic rings. The number of hydrogen-bond acceptors (Lipinski definition) is 4. The van der Waals surface area contributed by atoms with Gasteiger partial charge in [0.15, 0.2) is 0 Å². The first-order chi connectivity index (χ1) is 9.65. The van der Waals surface area contributed by atoms with Crippen LogP contribution in [0.4, 0.5) is 10.1 Å². The first-order valence-corrected chi connectivity index (χ1v) is 6.70.